The monoisotopic (exact) mass is 508 g/mol. The second-order valence-electron chi connectivity index (χ2n) is 8.97. The summed E-state index contributed by atoms with van der Waals surface area (Å²) >= 11 is 0. The van der Waals surface area contributed by atoms with Gasteiger partial charge >= 0.3 is 0 Å². The maximum absolute atomic E-state index is 10.7. The van der Waals surface area contributed by atoms with Crippen LogP contribution < -0.4 is 9.47 Å². The lowest BCUT2D eigenvalue weighted by Gasteiger charge is -2.40. The second-order valence-corrected chi connectivity index (χ2v) is 8.97. The molecule has 0 radical (unpaired) electrons. The van der Waals surface area contributed by atoms with E-state index in [0.717, 1.165) is 5.56 Å². The second kappa shape index (κ2) is 11.2. The maximum atomic E-state index is 10.7. The van der Waals surface area contributed by atoms with Gasteiger partial charge in [-0.3, -0.25) is 0 Å². The van der Waals surface area contributed by atoms with E-state index in [1.807, 2.05) is 6.07 Å². The van der Waals surface area contributed by atoms with E-state index in [-0.39, 0.29) is 36.2 Å². The lowest BCUT2D eigenvalue weighted by atomic mass is 9.90. The Morgan fingerprint density at radius 1 is 0.944 bits per heavy atom. The number of ether oxygens (including phenoxy) is 4. The van der Waals surface area contributed by atoms with Crippen LogP contribution in [0.3, 0.4) is 0 Å². The number of hydrogen-bond donors (Lipinski definition) is 7. The smallest absolute Gasteiger partial charge is 0.186 e. The first-order chi connectivity index (χ1) is 17.3. The van der Waals surface area contributed by atoms with E-state index >= 15 is 0 Å². The standard InChI is InChI=1S/C25H32O11/c1-33-18-9-13(4-5-16(18)28)23-15(11-34-25-22(32)21(31)20(30)19(10-27)35-25)14-7-12(3-2-6-26)8-17(29)24(14)36-23/h4-5,7-9,15,19-23,25-32H,2-3,6,10-11H2,1H3. The first kappa shape index (κ1) is 26.4. The van der Waals surface area contributed by atoms with Gasteiger partial charge in [-0.2, -0.15) is 0 Å². The van der Waals surface area contributed by atoms with Crippen LogP contribution in [0.25, 0.3) is 0 Å². The van der Waals surface area contributed by atoms with E-state index in [9.17, 15) is 35.7 Å². The summed E-state index contributed by atoms with van der Waals surface area (Å²) in [6.45, 7) is -0.682. The molecule has 7 N–H and O–H groups in total. The number of aliphatic hydroxyl groups is 5. The zero-order valence-corrected chi connectivity index (χ0v) is 19.7. The Morgan fingerprint density at radius 2 is 1.72 bits per heavy atom. The molecule has 1 saturated heterocycles. The Kier molecular flexibility index (Phi) is 8.20. The number of fused-ring (bicyclic) bond motifs is 1. The van der Waals surface area contributed by atoms with Crippen molar-refractivity contribution in [2.45, 2.75) is 55.6 Å². The van der Waals surface area contributed by atoms with E-state index in [4.69, 9.17) is 18.9 Å². The first-order valence-electron chi connectivity index (χ1n) is 11.7. The van der Waals surface area contributed by atoms with Crippen LogP contribution >= 0.6 is 0 Å². The molecule has 7 unspecified atom stereocenters. The van der Waals surface area contributed by atoms with E-state index in [1.54, 1.807) is 18.2 Å². The van der Waals surface area contributed by atoms with Gasteiger partial charge in [0.25, 0.3) is 0 Å². The Labute approximate surface area is 207 Å². The molecule has 2 aromatic rings. The summed E-state index contributed by atoms with van der Waals surface area (Å²) in [5.41, 5.74) is 2.04. The molecule has 36 heavy (non-hydrogen) atoms. The minimum absolute atomic E-state index is 0.00603. The molecule has 7 atom stereocenters. The van der Waals surface area contributed by atoms with Crippen molar-refractivity contribution in [2.75, 3.05) is 26.9 Å². The number of aliphatic hydroxyl groups excluding tert-OH is 5. The van der Waals surface area contributed by atoms with E-state index in [0.29, 0.717) is 24.0 Å². The van der Waals surface area contributed by atoms with Gasteiger partial charge < -0.3 is 54.7 Å². The quantitative estimate of drug-likeness (QED) is 0.244. The zero-order chi connectivity index (χ0) is 26.0. The fourth-order valence-corrected chi connectivity index (χ4v) is 4.65. The molecule has 4 rings (SSSR count). The number of rotatable bonds is 9. The number of benzene rings is 2. The molecule has 2 aromatic carbocycles. The highest BCUT2D eigenvalue weighted by Crippen LogP contribution is 2.51. The number of aromatic hydroxyl groups is 2. The zero-order valence-electron chi connectivity index (χ0n) is 19.7. The summed E-state index contributed by atoms with van der Waals surface area (Å²) in [6, 6.07) is 8.14. The van der Waals surface area contributed by atoms with Crippen molar-refractivity contribution in [2.24, 2.45) is 0 Å². The third-order valence-corrected chi connectivity index (χ3v) is 6.61. The average molecular weight is 509 g/mol. The van der Waals surface area contributed by atoms with Gasteiger partial charge in [0.15, 0.2) is 29.3 Å². The van der Waals surface area contributed by atoms with E-state index in [2.05, 4.69) is 0 Å². The van der Waals surface area contributed by atoms with Crippen LogP contribution in [0.5, 0.6) is 23.0 Å². The summed E-state index contributed by atoms with van der Waals surface area (Å²) in [5.74, 6) is -0.177. The molecule has 0 aromatic heterocycles. The van der Waals surface area contributed by atoms with Crippen molar-refractivity contribution in [1.82, 2.24) is 0 Å². The molecule has 0 saturated carbocycles. The molecule has 0 aliphatic carbocycles. The lowest BCUT2D eigenvalue weighted by Crippen LogP contribution is -2.59. The van der Waals surface area contributed by atoms with Crippen molar-refractivity contribution in [3.05, 3.63) is 47.0 Å². The normalized spacial score (nSPS) is 29.6. The Bertz CT molecular complexity index is 1040. The lowest BCUT2D eigenvalue weighted by molar-refractivity contribution is -0.302. The molecule has 0 amide bonds. The highest BCUT2D eigenvalue weighted by Gasteiger charge is 2.45. The third-order valence-electron chi connectivity index (χ3n) is 6.61. The summed E-state index contributed by atoms with van der Waals surface area (Å²) in [7, 11) is 1.42. The molecule has 0 bridgehead atoms. The van der Waals surface area contributed by atoms with Gasteiger partial charge in [-0.25, -0.2) is 0 Å². The van der Waals surface area contributed by atoms with Crippen LogP contribution in [0.1, 0.15) is 35.1 Å². The summed E-state index contributed by atoms with van der Waals surface area (Å²) in [6.07, 6.45) is -6.78. The number of aryl methyl sites for hydroxylation is 1. The SMILES string of the molecule is COc1cc(C2Oc3c(O)cc(CCCO)cc3C2COC2OC(CO)C(O)C(O)C2O)ccc1O. The predicted molar refractivity (Wildman–Crippen MR) is 124 cm³/mol. The fraction of sp³-hybridized carbons (Fsp3) is 0.520. The number of hydrogen-bond acceptors (Lipinski definition) is 11. The summed E-state index contributed by atoms with van der Waals surface area (Å²) < 4.78 is 22.7. The topological polar surface area (TPSA) is 179 Å². The highest BCUT2D eigenvalue weighted by molar-refractivity contribution is 5.55. The Morgan fingerprint density at radius 3 is 2.42 bits per heavy atom. The van der Waals surface area contributed by atoms with Gasteiger partial charge in [-0.15, -0.1) is 0 Å². The van der Waals surface area contributed by atoms with Crippen molar-refractivity contribution >= 4 is 0 Å². The van der Waals surface area contributed by atoms with Gasteiger partial charge in [-0.05, 0) is 42.2 Å². The van der Waals surface area contributed by atoms with Crippen LogP contribution in [0.4, 0.5) is 0 Å². The van der Waals surface area contributed by atoms with E-state index in [1.165, 1.54) is 13.2 Å². The van der Waals surface area contributed by atoms with E-state index < -0.39 is 49.3 Å². The first-order valence-corrected chi connectivity index (χ1v) is 11.7. The van der Waals surface area contributed by atoms with Gasteiger partial charge in [0, 0.05) is 12.2 Å². The number of methoxy groups -OCH3 is 1. The summed E-state index contributed by atoms with van der Waals surface area (Å²) in [5, 5.41) is 69.9. The van der Waals surface area contributed by atoms with Crippen molar-refractivity contribution in [3.8, 4) is 23.0 Å². The highest BCUT2D eigenvalue weighted by atomic mass is 16.7. The minimum atomic E-state index is -1.58. The molecule has 2 aliphatic heterocycles. The van der Waals surface area contributed by atoms with Gasteiger partial charge in [0.05, 0.1) is 26.2 Å². The van der Waals surface area contributed by atoms with Gasteiger partial charge in [-0.1, -0.05) is 12.1 Å². The maximum Gasteiger partial charge on any atom is 0.186 e. The van der Waals surface area contributed by atoms with Crippen molar-refractivity contribution in [1.29, 1.82) is 0 Å². The van der Waals surface area contributed by atoms with Crippen LogP contribution in [-0.4, -0.2) is 93.4 Å². The van der Waals surface area contributed by atoms with Crippen LogP contribution in [0.2, 0.25) is 0 Å². The largest absolute Gasteiger partial charge is 0.504 e. The number of phenolic OH excluding ortho intramolecular Hbond substituents is 2. The molecule has 2 heterocycles. The average Bonchev–Trinajstić information content (AvgIpc) is 3.25. The molecule has 0 spiro atoms. The summed E-state index contributed by atoms with van der Waals surface area (Å²) in [4.78, 5) is 0. The number of phenols is 2. The van der Waals surface area contributed by atoms with Gasteiger partial charge in [0.2, 0.25) is 0 Å². The molecule has 2 aliphatic rings. The predicted octanol–water partition coefficient (Wildman–Crippen LogP) is 0.0651. The van der Waals surface area contributed by atoms with Crippen molar-refractivity contribution < 1.29 is 54.7 Å². The van der Waals surface area contributed by atoms with Crippen LogP contribution in [0.15, 0.2) is 30.3 Å². The fourth-order valence-electron chi connectivity index (χ4n) is 4.65. The third kappa shape index (κ3) is 5.09. The molecular weight excluding hydrogens is 476 g/mol. The molecular formula is C25H32O11. The van der Waals surface area contributed by atoms with Crippen molar-refractivity contribution in [3.63, 3.8) is 0 Å². The van der Waals surface area contributed by atoms with Gasteiger partial charge in [0.1, 0.15) is 30.5 Å². The van der Waals surface area contributed by atoms with Crippen LogP contribution in [-0.2, 0) is 15.9 Å². The van der Waals surface area contributed by atoms with Crippen LogP contribution in [0, 0.1) is 0 Å². The molecule has 198 valence electrons. The minimum Gasteiger partial charge on any atom is -0.504 e. The molecule has 11 heteroatoms. The Balaban J connectivity index is 1.65. The molecule has 11 nitrogen and oxygen atoms in total. The Hall–Kier alpha value is -2.64. The molecule has 1 fully saturated rings.